The van der Waals surface area contributed by atoms with Gasteiger partial charge in [0, 0.05) is 25.7 Å². The molecule has 1 saturated heterocycles. The molecule has 0 bridgehead atoms. The van der Waals surface area contributed by atoms with Gasteiger partial charge in [0.05, 0.1) is 12.9 Å². The van der Waals surface area contributed by atoms with Gasteiger partial charge >= 0.3 is 0 Å². The summed E-state index contributed by atoms with van der Waals surface area (Å²) >= 11 is 0. The Labute approximate surface area is 127 Å². The molecule has 118 valence electrons. The number of hydrogen-bond donors (Lipinski definition) is 1. The lowest BCUT2D eigenvalue weighted by atomic mass is 10.2. The second-order valence-corrected chi connectivity index (χ2v) is 7.39. The molecule has 0 radical (unpaired) electrons. The van der Waals surface area contributed by atoms with Crippen LogP contribution in [0.15, 0.2) is 24.3 Å². The monoisotopic (exact) mass is 312 g/mol. The van der Waals surface area contributed by atoms with Gasteiger partial charge < -0.3 is 4.74 Å². The number of benzene rings is 1. The van der Waals surface area contributed by atoms with Crippen LogP contribution in [-0.4, -0.2) is 45.3 Å². The SMILES string of the molecule is CCCOc1cccc(CN2CC[C@@H](NS(C)(=O)=O)C2)c1. The van der Waals surface area contributed by atoms with Crippen molar-refractivity contribution in [2.75, 3.05) is 26.0 Å². The lowest BCUT2D eigenvalue weighted by Crippen LogP contribution is -2.36. The molecular weight excluding hydrogens is 288 g/mol. The van der Waals surface area contributed by atoms with E-state index in [-0.39, 0.29) is 6.04 Å². The van der Waals surface area contributed by atoms with E-state index in [2.05, 4.69) is 28.7 Å². The molecule has 0 aliphatic carbocycles. The summed E-state index contributed by atoms with van der Waals surface area (Å²) < 4.78 is 30.8. The molecule has 1 aromatic carbocycles. The highest BCUT2D eigenvalue weighted by Crippen LogP contribution is 2.18. The zero-order chi connectivity index (χ0) is 15.3. The molecule has 0 amide bonds. The number of hydrogen-bond acceptors (Lipinski definition) is 4. The lowest BCUT2D eigenvalue weighted by Gasteiger charge is -2.17. The highest BCUT2D eigenvalue weighted by molar-refractivity contribution is 7.88. The van der Waals surface area contributed by atoms with Crippen molar-refractivity contribution in [2.24, 2.45) is 0 Å². The standard InChI is InChI=1S/C15H24N2O3S/c1-3-9-20-15-6-4-5-13(10-15)11-17-8-7-14(12-17)16-21(2,18)19/h4-6,10,14,16H,3,7-9,11-12H2,1-2H3/t14-/m1/s1. The molecule has 1 aliphatic rings. The summed E-state index contributed by atoms with van der Waals surface area (Å²) in [5, 5.41) is 0. The van der Waals surface area contributed by atoms with Gasteiger partial charge in [0.25, 0.3) is 0 Å². The average Bonchev–Trinajstić information content (AvgIpc) is 2.81. The first-order chi connectivity index (χ1) is 9.96. The molecule has 5 nitrogen and oxygen atoms in total. The molecule has 0 unspecified atom stereocenters. The second kappa shape index (κ2) is 7.24. The molecule has 1 fully saturated rings. The van der Waals surface area contributed by atoms with E-state index < -0.39 is 10.0 Å². The third kappa shape index (κ3) is 5.65. The van der Waals surface area contributed by atoms with Crippen LogP contribution in [0.25, 0.3) is 0 Å². The van der Waals surface area contributed by atoms with E-state index in [0.717, 1.165) is 44.8 Å². The topological polar surface area (TPSA) is 58.6 Å². The normalized spacial score (nSPS) is 19.8. The second-order valence-electron chi connectivity index (χ2n) is 5.61. The Morgan fingerprint density at radius 2 is 2.24 bits per heavy atom. The molecule has 1 aliphatic heterocycles. The fourth-order valence-corrected chi connectivity index (χ4v) is 3.38. The van der Waals surface area contributed by atoms with Crippen molar-refractivity contribution in [1.29, 1.82) is 0 Å². The van der Waals surface area contributed by atoms with Crippen LogP contribution in [0.2, 0.25) is 0 Å². The first-order valence-electron chi connectivity index (χ1n) is 7.37. The van der Waals surface area contributed by atoms with Crippen molar-refractivity contribution >= 4 is 10.0 Å². The van der Waals surface area contributed by atoms with E-state index >= 15 is 0 Å². The van der Waals surface area contributed by atoms with E-state index in [4.69, 9.17) is 4.74 Å². The maximum atomic E-state index is 11.3. The van der Waals surface area contributed by atoms with Gasteiger partial charge in [-0.1, -0.05) is 19.1 Å². The minimum absolute atomic E-state index is 0.0273. The van der Waals surface area contributed by atoms with Crippen molar-refractivity contribution in [3.8, 4) is 5.75 Å². The van der Waals surface area contributed by atoms with Gasteiger partial charge in [-0.25, -0.2) is 13.1 Å². The molecule has 1 heterocycles. The highest BCUT2D eigenvalue weighted by Gasteiger charge is 2.24. The average molecular weight is 312 g/mol. The molecule has 6 heteroatoms. The number of nitrogens with one attached hydrogen (secondary N) is 1. The van der Waals surface area contributed by atoms with Crippen LogP contribution in [-0.2, 0) is 16.6 Å². The van der Waals surface area contributed by atoms with Crippen molar-refractivity contribution in [1.82, 2.24) is 9.62 Å². The van der Waals surface area contributed by atoms with Crippen LogP contribution >= 0.6 is 0 Å². The number of likely N-dealkylation sites (tertiary alicyclic amines) is 1. The number of sulfonamides is 1. The molecular formula is C15H24N2O3S. The largest absolute Gasteiger partial charge is 0.494 e. The Hall–Kier alpha value is -1.11. The van der Waals surface area contributed by atoms with Crippen LogP contribution in [0.5, 0.6) is 5.75 Å². The van der Waals surface area contributed by atoms with Gasteiger partial charge in [-0.3, -0.25) is 4.90 Å². The Morgan fingerprint density at radius 3 is 2.95 bits per heavy atom. The predicted octanol–water partition coefficient (Wildman–Crippen LogP) is 1.60. The Bertz CT molecular complexity index is 560. The van der Waals surface area contributed by atoms with E-state index in [1.54, 1.807) is 0 Å². The van der Waals surface area contributed by atoms with E-state index in [1.165, 1.54) is 11.8 Å². The minimum atomic E-state index is -3.12. The van der Waals surface area contributed by atoms with Crippen molar-refractivity contribution < 1.29 is 13.2 Å². The molecule has 1 aromatic rings. The first kappa shape index (κ1) is 16.3. The molecule has 0 spiro atoms. The maximum absolute atomic E-state index is 11.3. The van der Waals surface area contributed by atoms with Gasteiger partial charge in [0.15, 0.2) is 0 Å². The Balaban J connectivity index is 1.88. The van der Waals surface area contributed by atoms with Crippen LogP contribution in [0, 0.1) is 0 Å². The fraction of sp³-hybridized carbons (Fsp3) is 0.600. The first-order valence-corrected chi connectivity index (χ1v) is 9.27. The van der Waals surface area contributed by atoms with Crippen LogP contribution < -0.4 is 9.46 Å². The zero-order valence-electron chi connectivity index (χ0n) is 12.7. The van der Waals surface area contributed by atoms with Gasteiger partial charge in [0.1, 0.15) is 5.75 Å². The lowest BCUT2D eigenvalue weighted by molar-refractivity contribution is 0.311. The van der Waals surface area contributed by atoms with Gasteiger partial charge in [-0.15, -0.1) is 0 Å². The van der Waals surface area contributed by atoms with Gasteiger partial charge in [0.2, 0.25) is 10.0 Å². The minimum Gasteiger partial charge on any atom is -0.494 e. The van der Waals surface area contributed by atoms with Crippen LogP contribution in [0.4, 0.5) is 0 Å². The summed E-state index contributed by atoms with van der Waals surface area (Å²) in [7, 11) is -3.12. The number of ether oxygens (including phenoxy) is 1. The summed E-state index contributed by atoms with van der Waals surface area (Å²) in [4.78, 5) is 2.27. The molecule has 21 heavy (non-hydrogen) atoms. The molecule has 0 aromatic heterocycles. The van der Waals surface area contributed by atoms with E-state index in [9.17, 15) is 8.42 Å². The summed E-state index contributed by atoms with van der Waals surface area (Å²) in [6.07, 6.45) is 3.07. The predicted molar refractivity (Wildman–Crippen MR) is 83.9 cm³/mol. The highest BCUT2D eigenvalue weighted by atomic mass is 32.2. The zero-order valence-corrected chi connectivity index (χ0v) is 13.5. The van der Waals surface area contributed by atoms with E-state index in [0.29, 0.717) is 0 Å². The van der Waals surface area contributed by atoms with Crippen molar-refractivity contribution in [2.45, 2.75) is 32.4 Å². The summed E-state index contributed by atoms with van der Waals surface area (Å²) in [6, 6.07) is 8.14. The quantitative estimate of drug-likeness (QED) is 0.831. The number of rotatable bonds is 7. The number of nitrogens with zero attached hydrogens (tertiary/aromatic N) is 1. The fourth-order valence-electron chi connectivity index (χ4n) is 2.59. The molecule has 2 rings (SSSR count). The smallest absolute Gasteiger partial charge is 0.208 e. The van der Waals surface area contributed by atoms with Crippen LogP contribution in [0.1, 0.15) is 25.3 Å². The molecule has 0 saturated carbocycles. The van der Waals surface area contributed by atoms with Gasteiger partial charge in [-0.2, -0.15) is 0 Å². The maximum Gasteiger partial charge on any atom is 0.208 e. The Kier molecular flexibility index (Phi) is 5.61. The van der Waals surface area contributed by atoms with E-state index in [1.807, 2.05) is 12.1 Å². The van der Waals surface area contributed by atoms with Gasteiger partial charge in [-0.05, 0) is 30.5 Å². The summed E-state index contributed by atoms with van der Waals surface area (Å²) in [6.45, 7) is 5.31. The third-order valence-electron chi connectivity index (χ3n) is 3.43. The summed E-state index contributed by atoms with van der Waals surface area (Å²) in [5.74, 6) is 0.902. The Morgan fingerprint density at radius 1 is 1.43 bits per heavy atom. The molecule has 1 atom stereocenters. The van der Waals surface area contributed by atoms with Crippen LogP contribution in [0.3, 0.4) is 0 Å². The summed E-state index contributed by atoms with van der Waals surface area (Å²) in [5.41, 5.74) is 1.20. The van der Waals surface area contributed by atoms with Crippen molar-refractivity contribution in [3.05, 3.63) is 29.8 Å². The molecule has 1 N–H and O–H groups in total. The van der Waals surface area contributed by atoms with Crippen molar-refractivity contribution in [3.63, 3.8) is 0 Å². The third-order valence-corrected chi connectivity index (χ3v) is 4.19.